The Hall–Kier alpha value is -2.07. The zero-order chi connectivity index (χ0) is 14.4. The van der Waals surface area contributed by atoms with Gasteiger partial charge in [0.2, 0.25) is 0 Å². The Morgan fingerprint density at radius 2 is 2.00 bits per heavy atom. The second-order valence-corrected chi connectivity index (χ2v) is 6.00. The molecule has 104 valence electrons. The highest BCUT2D eigenvalue weighted by atomic mass is 32.1. The summed E-state index contributed by atoms with van der Waals surface area (Å²) in [5.74, 6) is 1.57. The van der Waals surface area contributed by atoms with Crippen LogP contribution >= 0.6 is 12.2 Å². The maximum atomic E-state index is 5.45. The maximum absolute atomic E-state index is 5.45. The van der Waals surface area contributed by atoms with Crippen LogP contribution in [0.5, 0.6) is 0 Å². The molecule has 1 aliphatic carbocycles. The quantitative estimate of drug-likeness (QED) is 0.705. The molecule has 1 aromatic carbocycles. The molecule has 4 rings (SSSR count). The van der Waals surface area contributed by atoms with Gasteiger partial charge >= 0.3 is 0 Å². The lowest BCUT2D eigenvalue weighted by Gasteiger charge is -2.11. The summed E-state index contributed by atoms with van der Waals surface area (Å²) < 4.78 is 0.693. The fourth-order valence-corrected chi connectivity index (χ4v) is 2.89. The van der Waals surface area contributed by atoms with Gasteiger partial charge in [-0.25, -0.2) is 4.98 Å². The second-order valence-electron chi connectivity index (χ2n) is 5.61. The minimum Gasteiger partial charge on any atom is -0.343 e. The Morgan fingerprint density at radius 1 is 1.19 bits per heavy atom. The first-order chi connectivity index (χ1) is 10.2. The molecule has 0 unspecified atom stereocenters. The minimum absolute atomic E-state index is 0.550. The van der Waals surface area contributed by atoms with E-state index in [0.717, 1.165) is 28.0 Å². The monoisotopic (exact) mass is 293 g/mol. The van der Waals surface area contributed by atoms with Gasteiger partial charge in [0.15, 0.2) is 0 Å². The molecule has 0 radical (unpaired) electrons. The lowest BCUT2D eigenvalue weighted by atomic mass is 10.0. The van der Waals surface area contributed by atoms with Crippen molar-refractivity contribution in [3.63, 3.8) is 0 Å². The van der Waals surface area contributed by atoms with Crippen LogP contribution in [-0.2, 0) is 0 Å². The van der Waals surface area contributed by atoms with Crippen molar-refractivity contribution in [2.75, 3.05) is 0 Å². The van der Waals surface area contributed by atoms with Gasteiger partial charge in [-0.05, 0) is 25.2 Å². The number of hydrogen-bond acceptors (Lipinski definition) is 3. The maximum Gasteiger partial charge on any atom is 0.133 e. The summed E-state index contributed by atoms with van der Waals surface area (Å²) >= 11 is 5.45. The van der Waals surface area contributed by atoms with Crippen molar-refractivity contribution < 1.29 is 0 Å². The van der Waals surface area contributed by atoms with E-state index in [9.17, 15) is 0 Å². The first kappa shape index (κ1) is 12.7. The molecule has 3 nitrogen and oxygen atoms in total. The van der Waals surface area contributed by atoms with Gasteiger partial charge in [0.1, 0.15) is 10.5 Å². The zero-order valence-electron chi connectivity index (χ0n) is 11.8. The van der Waals surface area contributed by atoms with E-state index >= 15 is 0 Å². The van der Waals surface area contributed by atoms with E-state index in [1.807, 2.05) is 25.4 Å². The Balaban J connectivity index is 2.02. The topological polar surface area (TPSA) is 41.6 Å². The molecule has 0 spiro atoms. The second kappa shape index (κ2) is 4.74. The van der Waals surface area contributed by atoms with Gasteiger partial charge in [0.05, 0.1) is 5.69 Å². The van der Waals surface area contributed by atoms with Crippen LogP contribution in [0.2, 0.25) is 0 Å². The summed E-state index contributed by atoms with van der Waals surface area (Å²) in [4.78, 5) is 12.4. The lowest BCUT2D eigenvalue weighted by Crippen LogP contribution is -2.00. The minimum atomic E-state index is 0.550. The van der Waals surface area contributed by atoms with Gasteiger partial charge in [-0.3, -0.25) is 4.98 Å². The molecule has 0 saturated heterocycles. The Kier molecular flexibility index (Phi) is 2.86. The number of hydrogen-bond donors (Lipinski definition) is 1. The van der Waals surface area contributed by atoms with E-state index < -0.39 is 0 Å². The molecule has 1 aliphatic rings. The molecule has 0 bridgehead atoms. The third-order valence-electron chi connectivity index (χ3n) is 4.07. The molecule has 2 aromatic heterocycles. The van der Waals surface area contributed by atoms with E-state index in [2.05, 4.69) is 33.2 Å². The van der Waals surface area contributed by atoms with Crippen LogP contribution in [0.15, 0.2) is 36.7 Å². The van der Waals surface area contributed by atoms with Crippen molar-refractivity contribution in [2.45, 2.75) is 25.7 Å². The van der Waals surface area contributed by atoms with Crippen LogP contribution in [0.3, 0.4) is 0 Å². The SMILES string of the molecule is Cc1c(-c2cncc3ccccc23)[nH]c(C2CC2)nc1=S. The lowest BCUT2D eigenvalue weighted by molar-refractivity contribution is 0.914. The molecule has 21 heavy (non-hydrogen) atoms. The average molecular weight is 293 g/mol. The largest absolute Gasteiger partial charge is 0.343 e. The van der Waals surface area contributed by atoms with Gasteiger partial charge in [0, 0.05) is 34.8 Å². The van der Waals surface area contributed by atoms with E-state index in [0.29, 0.717) is 10.6 Å². The van der Waals surface area contributed by atoms with Crippen LogP contribution in [0, 0.1) is 11.6 Å². The number of rotatable bonds is 2. The van der Waals surface area contributed by atoms with Gasteiger partial charge in [0.25, 0.3) is 0 Å². The molecule has 2 heterocycles. The fourth-order valence-electron chi connectivity index (χ4n) is 2.69. The first-order valence-electron chi connectivity index (χ1n) is 7.18. The van der Waals surface area contributed by atoms with Crippen LogP contribution in [0.4, 0.5) is 0 Å². The first-order valence-corrected chi connectivity index (χ1v) is 7.59. The summed E-state index contributed by atoms with van der Waals surface area (Å²) in [6.07, 6.45) is 6.21. The number of pyridine rings is 1. The molecule has 1 fully saturated rings. The molecule has 4 heteroatoms. The molecule has 0 aliphatic heterocycles. The third-order valence-corrected chi connectivity index (χ3v) is 4.47. The highest BCUT2D eigenvalue weighted by Gasteiger charge is 2.27. The van der Waals surface area contributed by atoms with Crippen LogP contribution in [0.1, 0.15) is 30.1 Å². The van der Waals surface area contributed by atoms with E-state index in [1.165, 1.54) is 18.2 Å². The summed E-state index contributed by atoms with van der Waals surface area (Å²) in [6, 6.07) is 8.29. The number of nitrogens with zero attached hydrogens (tertiary/aromatic N) is 2. The van der Waals surface area contributed by atoms with Crippen molar-refractivity contribution in [3.05, 3.63) is 52.7 Å². The van der Waals surface area contributed by atoms with Crippen LogP contribution in [0.25, 0.3) is 22.0 Å². The highest BCUT2D eigenvalue weighted by molar-refractivity contribution is 7.71. The van der Waals surface area contributed by atoms with Gasteiger partial charge in [-0.1, -0.05) is 36.5 Å². The predicted molar refractivity (Wildman–Crippen MR) is 86.9 cm³/mol. The summed E-state index contributed by atoms with van der Waals surface area (Å²) in [5, 5.41) is 2.33. The van der Waals surface area contributed by atoms with Crippen molar-refractivity contribution >= 4 is 23.0 Å². The third kappa shape index (κ3) is 2.16. The molecular weight excluding hydrogens is 278 g/mol. The van der Waals surface area contributed by atoms with Crippen LogP contribution in [-0.4, -0.2) is 15.0 Å². The normalized spacial score (nSPS) is 14.5. The number of H-pyrrole nitrogens is 1. The number of nitrogens with one attached hydrogen (secondary N) is 1. The average Bonchev–Trinajstić information content (AvgIpc) is 3.34. The molecule has 1 N–H and O–H groups in total. The summed E-state index contributed by atoms with van der Waals surface area (Å²) in [7, 11) is 0. The molecular formula is C17H15N3S. The summed E-state index contributed by atoms with van der Waals surface area (Å²) in [5.41, 5.74) is 3.18. The van der Waals surface area contributed by atoms with E-state index in [1.54, 1.807) is 0 Å². The Bertz CT molecular complexity index is 889. The van der Waals surface area contributed by atoms with Crippen LogP contribution < -0.4 is 0 Å². The Labute approximate surface area is 128 Å². The van der Waals surface area contributed by atoms with Crippen molar-refractivity contribution in [3.8, 4) is 11.3 Å². The van der Waals surface area contributed by atoms with Crippen molar-refractivity contribution in [2.24, 2.45) is 0 Å². The zero-order valence-corrected chi connectivity index (χ0v) is 12.6. The smallest absolute Gasteiger partial charge is 0.133 e. The fraction of sp³-hybridized carbons (Fsp3) is 0.235. The van der Waals surface area contributed by atoms with Crippen molar-refractivity contribution in [1.29, 1.82) is 0 Å². The molecule has 0 amide bonds. The van der Waals surface area contributed by atoms with E-state index in [4.69, 9.17) is 12.2 Å². The van der Waals surface area contributed by atoms with Crippen molar-refractivity contribution in [1.82, 2.24) is 15.0 Å². The molecule has 0 atom stereocenters. The molecule has 1 saturated carbocycles. The standard InChI is InChI=1S/C17H15N3S/c1-10-15(19-16(11-6-7-11)20-17(10)21)14-9-18-8-12-4-2-3-5-13(12)14/h2-5,8-9,11H,6-7H2,1H3,(H,19,20,21). The number of fused-ring (bicyclic) bond motifs is 1. The predicted octanol–water partition coefficient (Wildman–Crippen LogP) is 4.54. The number of benzene rings is 1. The van der Waals surface area contributed by atoms with E-state index in [-0.39, 0.29) is 0 Å². The number of aromatic amines is 1. The number of aromatic nitrogens is 3. The highest BCUT2D eigenvalue weighted by Crippen LogP contribution is 2.39. The Morgan fingerprint density at radius 3 is 2.81 bits per heavy atom. The van der Waals surface area contributed by atoms with Gasteiger partial charge in [-0.2, -0.15) is 0 Å². The summed E-state index contributed by atoms with van der Waals surface area (Å²) in [6.45, 7) is 2.03. The molecule has 3 aromatic rings. The van der Waals surface area contributed by atoms with Gasteiger partial charge < -0.3 is 4.98 Å². The van der Waals surface area contributed by atoms with Gasteiger partial charge in [-0.15, -0.1) is 0 Å².